The molecule has 1 aromatic carbocycles. The number of ether oxygens (including phenoxy) is 1. The van der Waals surface area contributed by atoms with Crippen LogP contribution in [0.5, 0.6) is 5.75 Å². The summed E-state index contributed by atoms with van der Waals surface area (Å²) in [6.45, 7) is 0.00894. The van der Waals surface area contributed by atoms with E-state index in [1.807, 2.05) is 19.1 Å². The Morgan fingerprint density at radius 1 is 1.29 bits per heavy atom. The van der Waals surface area contributed by atoms with E-state index in [0.29, 0.717) is 24.6 Å². The van der Waals surface area contributed by atoms with Crippen LogP contribution in [0.1, 0.15) is 16.9 Å². The number of hydrogen-bond donors (Lipinski definition) is 2. The average molecular weight is 337 g/mol. The molecule has 0 amide bonds. The quantitative estimate of drug-likeness (QED) is 0.602. The monoisotopic (exact) mass is 337 g/mol. The van der Waals surface area contributed by atoms with E-state index in [-0.39, 0.29) is 5.75 Å². The number of aliphatic imine (C=N–C) groups is 1. The van der Waals surface area contributed by atoms with Crippen molar-refractivity contribution in [3.05, 3.63) is 53.5 Å². The van der Waals surface area contributed by atoms with Crippen LogP contribution in [0, 0.1) is 6.92 Å². The van der Waals surface area contributed by atoms with E-state index in [4.69, 9.17) is 4.42 Å². The molecular formula is C17H21F2N3O2. The Bertz CT molecular complexity index is 658. The molecular weight excluding hydrogens is 316 g/mol. The Morgan fingerprint density at radius 2 is 2.12 bits per heavy atom. The van der Waals surface area contributed by atoms with Crippen molar-refractivity contribution in [2.75, 3.05) is 13.6 Å². The third kappa shape index (κ3) is 5.57. The van der Waals surface area contributed by atoms with Gasteiger partial charge < -0.3 is 19.8 Å². The van der Waals surface area contributed by atoms with Crippen molar-refractivity contribution in [1.82, 2.24) is 10.6 Å². The van der Waals surface area contributed by atoms with E-state index in [1.54, 1.807) is 31.5 Å². The van der Waals surface area contributed by atoms with Crippen molar-refractivity contribution in [3.8, 4) is 5.75 Å². The van der Waals surface area contributed by atoms with Gasteiger partial charge in [-0.25, -0.2) is 0 Å². The minimum Gasteiger partial charge on any atom is -0.469 e. The SMILES string of the molecule is CN=C(NCCc1ccco1)NCc1cc(C)ccc1OC(F)F. The summed E-state index contributed by atoms with van der Waals surface area (Å²) < 4.78 is 34.8. The summed E-state index contributed by atoms with van der Waals surface area (Å²) in [6, 6.07) is 8.83. The second-order valence-corrected chi connectivity index (χ2v) is 5.17. The van der Waals surface area contributed by atoms with E-state index in [0.717, 1.165) is 17.7 Å². The van der Waals surface area contributed by atoms with Gasteiger partial charge in [-0.1, -0.05) is 17.7 Å². The number of rotatable bonds is 7. The minimum atomic E-state index is -2.85. The number of nitrogens with zero attached hydrogens (tertiary/aromatic N) is 1. The number of alkyl halides is 2. The van der Waals surface area contributed by atoms with Gasteiger partial charge in [0.05, 0.1) is 6.26 Å². The van der Waals surface area contributed by atoms with Crippen LogP contribution >= 0.6 is 0 Å². The van der Waals surface area contributed by atoms with Crippen LogP contribution in [0.3, 0.4) is 0 Å². The molecule has 1 aromatic heterocycles. The number of halogens is 2. The molecule has 0 atom stereocenters. The number of guanidine groups is 1. The summed E-state index contributed by atoms with van der Waals surface area (Å²) in [6.07, 6.45) is 2.35. The van der Waals surface area contributed by atoms with Crippen LogP contribution in [0.2, 0.25) is 0 Å². The fourth-order valence-corrected chi connectivity index (χ4v) is 2.22. The topological polar surface area (TPSA) is 58.8 Å². The maximum Gasteiger partial charge on any atom is 0.387 e. The lowest BCUT2D eigenvalue weighted by Crippen LogP contribution is -2.37. The highest BCUT2D eigenvalue weighted by Crippen LogP contribution is 2.21. The summed E-state index contributed by atoms with van der Waals surface area (Å²) in [4.78, 5) is 4.11. The number of aryl methyl sites for hydroxylation is 1. The van der Waals surface area contributed by atoms with E-state index in [2.05, 4.69) is 20.4 Å². The summed E-state index contributed by atoms with van der Waals surface area (Å²) in [5.74, 6) is 1.62. The fraction of sp³-hybridized carbons (Fsp3) is 0.353. The van der Waals surface area contributed by atoms with Crippen LogP contribution in [0.4, 0.5) is 8.78 Å². The zero-order valence-electron chi connectivity index (χ0n) is 13.7. The molecule has 0 aliphatic carbocycles. The van der Waals surface area contributed by atoms with Crippen molar-refractivity contribution in [2.45, 2.75) is 26.5 Å². The molecule has 5 nitrogen and oxygen atoms in total. The highest BCUT2D eigenvalue weighted by atomic mass is 19.3. The highest BCUT2D eigenvalue weighted by molar-refractivity contribution is 5.79. The number of hydrogen-bond acceptors (Lipinski definition) is 3. The van der Waals surface area contributed by atoms with E-state index < -0.39 is 6.61 Å². The van der Waals surface area contributed by atoms with Crippen LogP contribution < -0.4 is 15.4 Å². The van der Waals surface area contributed by atoms with Crippen molar-refractivity contribution in [3.63, 3.8) is 0 Å². The Morgan fingerprint density at radius 3 is 2.79 bits per heavy atom. The van der Waals surface area contributed by atoms with Crippen LogP contribution in [-0.4, -0.2) is 26.2 Å². The Labute approximate surface area is 139 Å². The summed E-state index contributed by atoms with van der Waals surface area (Å²) in [5.41, 5.74) is 1.61. The molecule has 2 rings (SSSR count). The molecule has 0 bridgehead atoms. The van der Waals surface area contributed by atoms with Gasteiger partial charge in [0, 0.05) is 32.1 Å². The molecule has 0 saturated carbocycles. The van der Waals surface area contributed by atoms with Gasteiger partial charge >= 0.3 is 6.61 Å². The molecule has 0 fully saturated rings. The van der Waals surface area contributed by atoms with Gasteiger partial charge in [-0.2, -0.15) is 8.78 Å². The molecule has 130 valence electrons. The second kappa shape index (κ2) is 8.90. The average Bonchev–Trinajstić information content (AvgIpc) is 3.06. The first-order valence-corrected chi connectivity index (χ1v) is 7.59. The number of nitrogens with one attached hydrogen (secondary N) is 2. The van der Waals surface area contributed by atoms with Gasteiger partial charge in [-0.3, -0.25) is 4.99 Å². The van der Waals surface area contributed by atoms with Gasteiger partial charge in [0.15, 0.2) is 5.96 Å². The van der Waals surface area contributed by atoms with E-state index >= 15 is 0 Å². The third-order valence-corrected chi connectivity index (χ3v) is 3.35. The van der Waals surface area contributed by atoms with Crippen molar-refractivity contribution >= 4 is 5.96 Å². The third-order valence-electron chi connectivity index (χ3n) is 3.35. The van der Waals surface area contributed by atoms with Gasteiger partial charge in [-0.05, 0) is 25.1 Å². The zero-order valence-corrected chi connectivity index (χ0v) is 13.7. The molecule has 0 unspecified atom stereocenters. The molecule has 0 saturated heterocycles. The van der Waals surface area contributed by atoms with E-state index in [9.17, 15) is 8.78 Å². The van der Waals surface area contributed by atoms with Gasteiger partial charge in [0.2, 0.25) is 0 Å². The summed E-state index contributed by atoms with van der Waals surface area (Å²) in [5, 5.41) is 6.23. The predicted molar refractivity (Wildman–Crippen MR) is 88.4 cm³/mol. The van der Waals surface area contributed by atoms with Crippen molar-refractivity contribution in [1.29, 1.82) is 0 Å². The van der Waals surface area contributed by atoms with Crippen molar-refractivity contribution < 1.29 is 17.9 Å². The standard InChI is InChI=1S/C17H21F2N3O2/c1-12-5-6-15(24-16(18)19)13(10-12)11-22-17(20-2)21-8-7-14-4-3-9-23-14/h3-6,9-10,16H,7-8,11H2,1-2H3,(H2,20,21,22). The fourth-order valence-electron chi connectivity index (χ4n) is 2.22. The second-order valence-electron chi connectivity index (χ2n) is 5.17. The maximum atomic E-state index is 12.5. The summed E-state index contributed by atoms with van der Waals surface area (Å²) >= 11 is 0. The number of benzene rings is 1. The normalized spacial score (nSPS) is 11.6. The van der Waals surface area contributed by atoms with Crippen molar-refractivity contribution in [2.24, 2.45) is 4.99 Å². The first-order valence-electron chi connectivity index (χ1n) is 7.59. The molecule has 24 heavy (non-hydrogen) atoms. The first kappa shape index (κ1) is 17.8. The molecule has 7 heteroatoms. The number of furan rings is 1. The molecule has 2 N–H and O–H groups in total. The smallest absolute Gasteiger partial charge is 0.387 e. The van der Waals surface area contributed by atoms with Crippen LogP contribution in [0.25, 0.3) is 0 Å². The molecule has 0 aliphatic heterocycles. The molecule has 0 aliphatic rings. The highest BCUT2D eigenvalue weighted by Gasteiger charge is 2.10. The Hall–Kier alpha value is -2.57. The maximum absolute atomic E-state index is 12.5. The largest absolute Gasteiger partial charge is 0.469 e. The van der Waals surface area contributed by atoms with Gasteiger partial charge in [-0.15, -0.1) is 0 Å². The predicted octanol–water partition coefficient (Wildman–Crippen LogP) is 3.10. The molecule has 0 radical (unpaired) electrons. The lowest BCUT2D eigenvalue weighted by Gasteiger charge is -2.15. The zero-order chi connectivity index (χ0) is 17.4. The molecule has 2 aromatic rings. The first-order chi connectivity index (χ1) is 11.6. The lowest BCUT2D eigenvalue weighted by molar-refractivity contribution is -0.0504. The Balaban J connectivity index is 1.89. The Kier molecular flexibility index (Phi) is 6.60. The molecule has 0 spiro atoms. The van der Waals surface area contributed by atoms with Crippen LogP contribution in [-0.2, 0) is 13.0 Å². The van der Waals surface area contributed by atoms with Gasteiger partial charge in [0.25, 0.3) is 0 Å². The summed E-state index contributed by atoms with van der Waals surface area (Å²) in [7, 11) is 1.65. The lowest BCUT2D eigenvalue weighted by atomic mass is 10.1. The van der Waals surface area contributed by atoms with Gasteiger partial charge in [0.1, 0.15) is 11.5 Å². The van der Waals surface area contributed by atoms with E-state index in [1.165, 1.54) is 0 Å². The minimum absolute atomic E-state index is 0.161. The molecule has 1 heterocycles. The van der Waals surface area contributed by atoms with Crippen LogP contribution in [0.15, 0.2) is 46.0 Å².